The minimum absolute atomic E-state index is 0.0527. The van der Waals surface area contributed by atoms with Crippen LogP contribution >= 0.6 is 11.8 Å². The van der Waals surface area contributed by atoms with E-state index in [2.05, 4.69) is 10.9 Å². The van der Waals surface area contributed by atoms with Gasteiger partial charge in [-0.25, -0.2) is 13.2 Å². The van der Waals surface area contributed by atoms with Crippen LogP contribution in [-0.4, -0.2) is 23.7 Å². The van der Waals surface area contributed by atoms with E-state index in [1.165, 1.54) is 49.0 Å². The van der Waals surface area contributed by atoms with Crippen molar-refractivity contribution in [2.75, 3.05) is 5.75 Å². The number of amides is 2. The molecule has 1 atom stereocenters. The topological polar surface area (TPSA) is 67.4 Å². The molecule has 2 aromatic rings. The zero-order valence-electron chi connectivity index (χ0n) is 14.3. The fourth-order valence-electron chi connectivity index (χ4n) is 1.89. The van der Waals surface area contributed by atoms with Crippen molar-refractivity contribution in [1.29, 1.82) is 0 Å². The van der Waals surface area contributed by atoms with E-state index < -0.39 is 35.4 Å². The van der Waals surface area contributed by atoms with Crippen molar-refractivity contribution in [1.82, 2.24) is 10.9 Å². The lowest BCUT2D eigenvalue weighted by atomic mass is 10.3. The summed E-state index contributed by atoms with van der Waals surface area (Å²) in [4.78, 5) is 24.1. The molecule has 2 amide bonds. The summed E-state index contributed by atoms with van der Waals surface area (Å²) >= 11 is 1.18. The van der Waals surface area contributed by atoms with Crippen molar-refractivity contribution >= 4 is 23.6 Å². The Hall–Kier alpha value is -2.68. The van der Waals surface area contributed by atoms with Gasteiger partial charge in [0.2, 0.25) is 5.91 Å². The summed E-state index contributed by atoms with van der Waals surface area (Å²) in [7, 11) is 0. The van der Waals surface area contributed by atoms with Gasteiger partial charge in [-0.15, -0.1) is 11.8 Å². The average molecular weight is 398 g/mol. The largest absolute Gasteiger partial charge is 0.481 e. The van der Waals surface area contributed by atoms with E-state index >= 15 is 0 Å². The first-order valence-electron chi connectivity index (χ1n) is 7.94. The molecule has 2 aromatic carbocycles. The van der Waals surface area contributed by atoms with Crippen LogP contribution in [0.15, 0.2) is 47.4 Å². The predicted molar refractivity (Wildman–Crippen MR) is 94.5 cm³/mol. The quantitative estimate of drug-likeness (QED) is 0.555. The molecule has 0 saturated heterocycles. The van der Waals surface area contributed by atoms with E-state index in [1.807, 2.05) is 0 Å². The highest BCUT2D eigenvalue weighted by atomic mass is 32.2. The Labute approximate surface area is 158 Å². The number of benzene rings is 2. The number of hydrogen-bond acceptors (Lipinski definition) is 4. The number of carbonyl (C=O) groups is 2. The molecule has 144 valence electrons. The van der Waals surface area contributed by atoms with Crippen molar-refractivity contribution in [3.8, 4) is 5.75 Å². The summed E-state index contributed by atoms with van der Waals surface area (Å²) in [6.07, 6.45) is -0.857. The number of rotatable bonds is 7. The van der Waals surface area contributed by atoms with Crippen molar-refractivity contribution in [2.45, 2.75) is 24.3 Å². The molecule has 0 saturated carbocycles. The summed E-state index contributed by atoms with van der Waals surface area (Å²) in [5, 5.41) is 0. The molecule has 0 radical (unpaired) electrons. The third-order valence-corrected chi connectivity index (χ3v) is 4.31. The van der Waals surface area contributed by atoms with Crippen LogP contribution in [-0.2, 0) is 9.59 Å². The van der Waals surface area contributed by atoms with Gasteiger partial charge in [-0.2, -0.15) is 0 Å². The first-order chi connectivity index (χ1) is 12.8. The van der Waals surface area contributed by atoms with Crippen molar-refractivity contribution in [3.05, 3.63) is 59.9 Å². The molecule has 27 heavy (non-hydrogen) atoms. The molecule has 5 nitrogen and oxygen atoms in total. The summed E-state index contributed by atoms with van der Waals surface area (Å²) in [6.45, 7) is 1.48. The third kappa shape index (κ3) is 6.86. The molecule has 0 heterocycles. The molecule has 2 rings (SSSR count). The second-order valence-corrected chi connectivity index (χ2v) is 6.59. The smallest absolute Gasteiger partial charge is 0.279 e. The molecule has 0 spiro atoms. The molecule has 0 unspecified atom stereocenters. The highest BCUT2D eigenvalue weighted by Gasteiger charge is 2.15. The number of ether oxygens (including phenoxy) is 1. The Bertz CT molecular complexity index is 803. The van der Waals surface area contributed by atoms with Gasteiger partial charge in [-0.05, 0) is 49.4 Å². The first kappa shape index (κ1) is 20.6. The lowest BCUT2D eigenvalue weighted by molar-refractivity contribution is -0.132. The lowest BCUT2D eigenvalue weighted by Gasteiger charge is -2.15. The number of hydrogen-bond donors (Lipinski definition) is 2. The maximum absolute atomic E-state index is 13.1. The van der Waals surface area contributed by atoms with Crippen LogP contribution in [0, 0.1) is 17.5 Å². The zero-order valence-corrected chi connectivity index (χ0v) is 15.1. The first-order valence-corrected chi connectivity index (χ1v) is 8.92. The number of nitrogens with one attached hydrogen (secondary N) is 2. The summed E-state index contributed by atoms with van der Waals surface area (Å²) in [5.74, 6) is -2.72. The normalized spacial score (nSPS) is 11.6. The third-order valence-electron chi connectivity index (χ3n) is 3.31. The monoisotopic (exact) mass is 398 g/mol. The van der Waals surface area contributed by atoms with Gasteiger partial charge in [0.25, 0.3) is 5.91 Å². The van der Waals surface area contributed by atoms with Crippen LogP contribution in [0.3, 0.4) is 0 Å². The molecule has 0 aliphatic rings. The molecule has 0 bridgehead atoms. The van der Waals surface area contributed by atoms with Gasteiger partial charge in [0.05, 0.1) is 0 Å². The van der Waals surface area contributed by atoms with Crippen molar-refractivity contribution in [3.63, 3.8) is 0 Å². The van der Waals surface area contributed by atoms with E-state index in [0.29, 0.717) is 16.4 Å². The minimum atomic E-state index is -0.952. The van der Waals surface area contributed by atoms with Crippen molar-refractivity contribution in [2.24, 2.45) is 0 Å². The molecular formula is C18H17F3N2O3S. The lowest BCUT2D eigenvalue weighted by Crippen LogP contribution is -2.47. The fourth-order valence-corrected chi connectivity index (χ4v) is 2.77. The van der Waals surface area contributed by atoms with Gasteiger partial charge in [-0.3, -0.25) is 20.4 Å². The predicted octanol–water partition coefficient (Wildman–Crippen LogP) is 3.20. The SMILES string of the molecule is C[C@H](Oc1ccc(F)cc1)C(=O)NNC(=O)CCSc1ccc(F)c(F)c1. The standard InChI is InChI=1S/C18H17F3N2O3S/c1-11(26-13-4-2-12(19)3-5-13)18(25)23-22-17(24)8-9-27-14-6-7-15(20)16(21)10-14/h2-7,10-11H,8-9H2,1H3,(H,22,24)(H,23,25)/t11-/m0/s1. The highest BCUT2D eigenvalue weighted by Crippen LogP contribution is 2.20. The van der Waals surface area contributed by atoms with Gasteiger partial charge < -0.3 is 4.74 Å². The van der Waals surface area contributed by atoms with Gasteiger partial charge in [0.1, 0.15) is 11.6 Å². The molecule has 0 aliphatic carbocycles. The highest BCUT2D eigenvalue weighted by molar-refractivity contribution is 7.99. The maximum Gasteiger partial charge on any atom is 0.279 e. The molecule has 0 aliphatic heterocycles. The molecule has 9 heteroatoms. The van der Waals surface area contributed by atoms with Gasteiger partial charge in [0.15, 0.2) is 17.7 Å². The molecule has 2 N–H and O–H groups in total. The van der Waals surface area contributed by atoms with E-state index in [-0.39, 0.29) is 6.42 Å². The second kappa shape index (κ2) is 9.86. The number of halogens is 3. The van der Waals surface area contributed by atoms with Gasteiger partial charge in [-0.1, -0.05) is 0 Å². The Balaban J connectivity index is 1.68. The van der Waals surface area contributed by atoms with Gasteiger partial charge >= 0.3 is 0 Å². The minimum Gasteiger partial charge on any atom is -0.481 e. The van der Waals surface area contributed by atoms with Crippen LogP contribution in [0.1, 0.15) is 13.3 Å². The number of carbonyl (C=O) groups excluding carboxylic acids is 2. The molecular weight excluding hydrogens is 381 g/mol. The molecule has 0 fully saturated rings. The summed E-state index contributed by atoms with van der Waals surface area (Å²) < 4.78 is 44.1. The van der Waals surface area contributed by atoms with E-state index in [4.69, 9.17) is 4.74 Å². The van der Waals surface area contributed by atoms with Crippen LogP contribution < -0.4 is 15.6 Å². The Morgan fingerprint density at radius 3 is 2.41 bits per heavy atom. The summed E-state index contributed by atoms with van der Waals surface area (Å²) in [5.41, 5.74) is 4.46. The maximum atomic E-state index is 13.1. The van der Waals surface area contributed by atoms with Crippen LogP contribution in [0.2, 0.25) is 0 Å². The van der Waals surface area contributed by atoms with Crippen molar-refractivity contribution < 1.29 is 27.5 Å². The average Bonchev–Trinajstić information content (AvgIpc) is 2.64. The zero-order chi connectivity index (χ0) is 19.8. The number of thioether (sulfide) groups is 1. The van der Waals surface area contributed by atoms with Crippen LogP contribution in [0.25, 0.3) is 0 Å². The van der Waals surface area contributed by atoms with E-state index in [0.717, 1.165) is 12.1 Å². The summed E-state index contributed by atoms with van der Waals surface area (Å²) in [6, 6.07) is 8.64. The van der Waals surface area contributed by atoms with Gasteiger partial charge in [0, 0.05) is 17.1 Å². The Morgan fingerprint density at radius 1 is 1.04 bits per heavy atom. The molecule has 0 aromatic heterocycles. The fraction of sp³-hybridized carbons (Fsp3) is 0.222. The van der Waals surface area contributed by atoms with E-state index in [1.54, 1.807) is 0 Å². The van der Waals surface area contributed by atoms with E-state index in [9.17, 15) is 22.8 Å². The van der Waals surface area contributed by atoms with Crippen LogP contribution in [0.5, 0.6) is 5.75 Å². The Morgan fingerprint density at radius 2 is 1.74 bits per heavy atom. The van der Waals surface area contributed by atoms with Crippen LogP contribution in [0.4, 0.5) is 13.2 Å². The number of hydrazine groups is 1. The second-order valence-electron chi connectivity index (χ2n) is 5.43. The Kier molecular flexibility index (Phi) is 7.54.